The van der Waals surface area contributed by atoms with Crippen LogP contribution >= 0.6 is 11.3 Å². The van der Waals surface area contributed by atoms with E-state index in [4.69, 9.17) is 9.73 Å². The fraction of sp³-hybridized carbons (Fsp3) is 0.152. The lowest BCUT2D eigenvalue weighted by molar-refractivity contribution is -0.113. The average Bonchev–Trinajstić information content (AvgIpc) is 3.46. The number of carbonyl (C=O) groups excluding carboxylic acids is 1. The molecule has 0 radical (unpaired) electrons. The molecule has 0 saturated heterocycles. The number of benzene rings is 2. The summed E-state index contributed by atoms with van der Waals surface area (Å²) in [5.41, 5.74) is 6.14. The van der Waals surface area contributed by atoms with E-state index in [-0.39, 0.29) is 11.5 Å². The van der Waals surface area contributed by atoms with Gasteiger partial charge in [-0.1, -0.05) is 41.7 Å². The van der Waals surface area contributed by atoms with Crippen LogP contribution in [0.25, 0.3) is 11.8 Å². The lowest BCUT2D eigenvalue weighted by atomic mass is 9.95. The number of methoxy groups -OCH3 is 1. The Morgan fingerprint density at radius 1 is 1.02 bits per heavy atom. The largest absolute Gasteiger partial charge is 0.497 e. The van der Waals surface area contributed by atoms with E-state index in [2.05, 4.69) is 20.9 Å². The Kier molecular flexibility index (Phi) is 7.18. The summed E-state index contributed by atoms with van der Waals surface area (Å²) in [6, 6.07) is 22.0. The van der Waals surface area contributed by atoms with Crippen LogP contribution < -0.4 is 24.9 Å². The van der Waals surface area contributed by atoms with Crippen molar-refractivity contribution < 1.29 is 9.53 Å². The molecule has 1 aliphatic rings. The van der Waals surface area contributed by atoms with Gasteiger partial charge in [0.05, 0.1) is 40.8 Å². The quantitative estimate of drug-likeness (QED) is 0.318. The standard InChI is InChI=1S/C33H29N5O3S/c1-20-17-24(22(3)37(20)26-11-8-16-34-19-26)18-28-32(40)38-30(23-12-14-27(41-4)15-13-23)29(21(2)35-33(38)42-28)31(39)36-25-9-6-5-7-10-25/h5-19,30H,1-4H3,(H,36,39)/b28-18+/t30-/m1/s1. The van der Waals surface area contributed by atoms with Crippen molar-refractivity contribution in [1.29, 1.82) is 0 Å². The fourth-order valence-corrected chi connectivity index (χ4v) is 6.43. The minimum atomic E-state index is -0.666. The molecule has 0 fully saturated rings. The summed E-state index contributed by atoms with van der Waals surface area (Å²) >= 11 is 1.32. The molecule has 5 aromatic rings. The Labute approximate surface area is 246 Å². The Balaban J connectivity index is 1.49. The smallest absolute Gasteiger partial charge is 0.271 e. The van der Waals surface area contributed by atoms with Crippen molar-refractivity contribution >= 4 is 29.0 Å². The summed E-state index contributed by atoms with van der Waals surface area (Å²) in [5, 5.41) is 2.98. The van der Waals surface area contributed by atoms with E-state index < -0.39 is 6.04 Å². The molecule has 0 saturated carbocycles. The van der Waals surface area contributed by atoms with Gasteiger partial charge in [0.1, 0.15) is 5.75 Å². The van der Waals surface area contributed by atoms with Crippen molar-refractivity contribution in [2.45, 2.75) is 26.8 Å². The first-order chi connectivity index (χ1) is 20.4. The monoisotopic (exact) mass is 575 g/mol. The van der Waals surface area contributed by atoms with Crippen LogP contribution in [0.4, 0.5) is 5.69 Å². The molecule has 0 unspecified atom stereocenters. The number of nitrogens with zero attached hydrogens (tertiary/aromatic N) is 4. The van der Waals surface area contributed by atoms with Gasteiger partial charge in [0.25, 0.3) is 11.5 Å². The van der Waals surface area contributed by atoms with E-state index in [1.807, 2.05) is 99.8 Å². The normalized spacial score (nSPS) is 14.9. The maximum Gasteiger partial charge on any atom is 0.271 e. The van der Waals surface area contributed by atoms with Gasteiger partial charge < -0.3 is 14.6 Å². The van der Waals surface area contributed by atoms with Crippen LogP contribution in [0, 0.1) is 13.8 Å². The summed E-state index contributed by atoms with van der Waals surface area (Å²) < 4.78 is 9.65. The van der Waals surface area contributed by atoms with Gasteiger partial charge in [-0.05, 0) is 80.4 Å². The van der Waals surface area contributed by atoms with Crippen molar-refractivity contribution in [3.63, 3.8) is 0 Å². The number of hydrogen-bond donors (Lipinski definition) is 1. The van der Waals surface area contributed by atoms with Crippen LogP contribution in [0.2, 0.25) is 0 Å². The van der Waals surface area contributed by atoms with Crippen LogP contribution in [0.5, 0.6) is 5.75 Å². The highest BCUT2D eigenvalue weighted by Crippen LogP contribution is 2.32. The molecule has 3 aromatic heterocycles. The van der Waals surface area contributed by atoms with Crippen molar-refractivity contribution in [2.75, 3.05) is 12.4 Å². The molecule has 0 aliphatic carbocycles. The number of ether oxygens (including phenoxy) is 1. The number of pyridine rings is 1. The predicted octanol–water partition coefficient (Wildman–Crippen LogP) is 4.69. The second-order valence-corrected chi connectivity index (χ2v) is 11.1. The lowest BCUT2D eigenvalue weighted by Gasteiger charge is -2.25. The summed E-state index contributed by atoms with van der Waals surface area (Å²) in [6.07, 6.45) is 5.47. The second kappa shape index (κ2) is 11.1. The molecule has 0 bridgehead atoms. The molecule has 210 valence electrons. The van der Waals surface area contributed by atoms with Gasteiger partial charge in [0.15, 0.2) is 4.80 Å². The molecule has 1 N–H and O–H groups in total. The number of amides is 1. The second-order valence-electron chi connectivity index (χ2n) is 10.0. The van der Waals surface area contributed by atoms with Crippen LogP contribution in [0.3, 0.4) is 0 Å². The van der Waals surface area contributed by atoms with Crippen molar-refractivity contribution in [1.82, 2.24) is 14.1 Å². The van der Waals surface area contributed by atoms with Gasteiger partial charge in [-0.25, -0.2) is 4.99 Å². The molecular formula is C33H29N5O3S. The van der Waals surface area contributed by atoms with Crippen molar-refractivity contribution in [3.8, 4) is 11.4 Å². The third-order valence-electron chi connectivity index (χ3n) is 7.39. The lowest BCUT2D eigenvalue weighted by Crippen LogP contribution is -2.40. The summed E-state index contributed by atoms with van der Waals surface area (Å²) in [6.45, 7) is 5.87. The number of rotatable bonds is 6. The first kappa shape index (κ1) is 27.2. The number of aryl methyl sites for hydroxylation is 1. The molecule has 1 atom stereocenters. The Hall–Kier alpha value is -5.02. The van der Waals surface area contributed by atoms with E-state index >= 15 is 0 Å². The van der Waals surface area contributed by atoms with Gasteiger partial charge in [-0.15, -0.1) is 0 Å². The predicted molar refractivity (Wildman–Crippen MR) is 165 cm³/mol. The number of aromatic nitrogens is 3. The topological polar surface area (TPSA) is 90.5 Å². The van der Waals surface area contributed by atoms with Crippen LogP contribution in [0.15, 0.2) is 106 Å². The highest BCUT2D eigenvalue weighted by atomic mass is 32.1. The summed E-state index contributed by atoms with van der Waals surface area (Å²) in [4.78, 5) is 37.4. The van der Waals surface area contributed by atoms with E-state index in [1.54, 1.807) is 17.9 Å². The third kappa shape index (κ3) is 4.88. The molecule has 6 rings (SSSR count). The maximum absolute atomic E-state index is 14.1. The van der Waals surface area contributed by atoms with Gasteiger partial charge in [0, 0.05) is 23.3 Å². The van der Waals surface area contributed by atoms with Gasteiger partial charge >= 0.3 is 0 Å². The molecule has 2 aromatic carbocycles. The van der Waals surface area contributed by atoms with Crippen molar-refractivity contribution in [2.24, 2.45) is 4.99 Å². The van der Waals surface area contributed by atoms with E-state index in [0.717, 1.165) is 28.2 Å². The Morgan fingerprint density at radius 3 is 2.48 bits per heavy atom. The molecule has 8 nitrogen and oxygen atoms in total. The average molecular weight is 576 g/mol. The molecule has 1 aliphatic heterocycles. The first-order valence-electron chi connectivity index (χ1n) is 13.5. The van der Waals surface area contributed by atoms with E-state index in [0.29, 0.717) is 32.0 Å². The number of thiazole rings is 1. The molecule has 42 heavy (non-hydrogen) atoms. The van der Waals surface area contributed by atoms with Crippen molar-refractivity contribution in [3.05, 3.63) is 139 Å². The number of allylic oxidation sites excluding steroid dienone is 1. The van der Waals surface area contributed by atoms with Crippen LogP contribution in [-0.4, -0.2) is 27.1 Å². The third-order valence-corrected chi connectivity index (χ3v) is 8.37. The maximum atomic E-state index is 14.1. The zero-order valence-corrected chi connectivity index (χ0v) is 24.5. The van der Waals surface area contributed by atoms with Gasteiger partial charge in [0.2, 0.25) is 0 Å². The number of nitrogens with one attached hydrogen (secondary N) is 1. The molecular weight excluding hydrogens is 546 g/mol. The fourth-order valence-electron chi connectivity index (χ4n) is 5.39. The SMILES string of the molecule is COc1ccc([C@@H]2C(C(=O)Nc3ccccc3)=C(C)N=c3s/c(=C/c4cc(C)n(-c5cccnc5)c4C)c(=O)n32)cc1. The summed E-state index contributed by atoms with van der Waals surface area (Å²) in [7, 11) is 1.60. The number of anilines is 1. The highest BCUT2D eigenvalue weighted by Gasteiger charge is 2.32. The van der Waals surface area contributed by atoms with Crippen LogP contribution in [0.1, 0.15) is 35.5 Å². The summed E-state index contributed by atoms with van der Waals surface area (Å²) in [5.74, 6) is 0.378. The minimum absolute atomic E-state index is 0.205. The Bertz CT molecular complexity index is 2000. The number of fused-ring (bicyclic) bond motifs is 1. The van der Waals surface area contributed by atoms with Gasteiger partial charge in [-0.2, -0.15) is 0 Å². The minimum Gasteiger partial charge on any atom is -0.497 e. The highest BCUT2D eigenvalue weighted by molar-refractivity contribution is 7.07. The number of para-hydroxylation sites is 1. The zero-order valence-electron chi connectivity index (χ0n) is 23.7. The molecule has 1 amide bonds. The Morgan fingerprint density at radius 2 is 1.79 bits per heavy atom. The molecule has 4 heterocycles. The molecule has 0 spiro atoms. The number of carbonyl (C=O) groups is 1. The zero-order chi connectivity index (χ0) is 29.4. The van der Waals surface area contributed by atoms with Crippen LogP contribution in [-0.2, 0) is 4.79 Å². The van der Waals surface area contributed by atoms with E-state index in [9.17, 15) is 9.59 Å². The number of hydrogen-bond acceptors (Lipinski definition) is 6. The first-order valence-corrected chi connectivity index (χ1v) is 14.3. The molecule has 9 heteroatoms. The van der Waals surface area contributed by atoms with Gasteiger partial charge in [-0.3, -0.25) is 19.1 Å². The van der Waals surface area contributed by atoms with E-state index in [1.165, 1.54) is 11.3 Å².